The molecule has 2 aromatic carbocycles. The van der Waals surface area contributed by atoms with Gasteiger partial charge in [-0.1, -0.05) is 30.7 Å². The standard InChI is InChI=1S/C23H26N4O/c1-28-22-11-7-19(8-12-22)20-15-24-23(25-16-20)26-21-9-5-18(6-10-21)17-27-13-3-2-4-14-27/h5-12,15-16H,2-4,13-14,17H2,1H3,(H,24,25,26). The Bertz CT molecular complexity index is 870. The number of aromatic nitrogens is 2. The molecule has 0 radical (unpaired) electrons. The van der Waals surface area contributed by atoms with Gasteiger partial charge in [0.05, 0.1) is 7.11 Å². The molecule has 0 bridgehead atoms. The molecule has 3 aromatic rings. The Balaban J connectivity index is 1.37. The van der Waals surface area contributed by atoms with Crippen LogP contribution in [0.4, 0.5) is 11.6 Å². The Morgan fingerprint density at radius 2 is 1.54 bits per heavy atom. The summed E-state index contributed by atoms with van der Waals surface area (Å²) in [7, 11) is 1.67. The van der Waals surface area contributed by atoms with Crippen LogP contribution in [0.25, 0.3) is 11.1 Å². The predicted octanol–water partition coefficient (Wildman–Crippen LogP) is 4.88. The van der Waals surface area contributed by atoms with Crippen LogP contribution in [0.15, 0.2) is 60.9 Å². The molecule has 0 atom stereocenters. The van der Waals surface area contributed by atoms with Gasteiger partial charge < -0.3 is 10.1 Å². The van der Waals surface area contributed by atoms with E-state index in [-0.39, 0.29) is 0 Å². The van der Waals surface area contributed by atoms with E-state index in [1.54, 1.807) is 7.11 Å². The van der Waals surface area contributed by atoms with Crippen LogP contribution < -0.4 is 10.1 Å². The van der Waals surface area contributed by atoms with E-state index in [2.05, 4.69) is 44.5 Å². The summed E-state index contributed by atoms with van der Waals surface area (Å²) in [6.07, 6.45) is 7.69. The summed E-state index contributed by atoms with van der Waals surface area (Å²) in [6, 6.07) is 16.4. The lowest BCUT2D eigenvalue weighted by Gasteiger charge is -2.26. The average Bonchev–Trinajstić information content (AvgIpc) is 2.76. The summed E-state index contributed by atoms with van der Waals surface area (Å²) in [4.78, 5) is 11.4. The number of anilines is 2. The Labute approximate surface area is 166 Å². The zero-order chi connectivity index (χ0) is 19.2. The Morgan fingerprint density at radius 3 is 2.18 bits per heavy atom. The number of hydrogen-bond acceptors (Lipinski definition) is 5. The van der Waals surface area contributed by atoms with Crippen molar-refractivity contribution in [2.75, 3.05) is 25.5 Å². The number of methoxy groups -OCH3 is 1. The van der Waals surface area contributed by atoms with Gasteiger partial charge in [-0.2, -0.15) is 0 Å². The number of ether oxygens (including phenoxy) is 1. The molecule has 1 aliphatic heterocycles. The van der Waals surface area contributed by atoms with Crippen LogP contribution in [0.2, 0.25) is 0 Å². The number of nitrogens with zero attached hydrogens (tertiary/aromatic N) is 3. The normalized spacial score (nSPS) is 14.6. The number of hydrogen-bond donors (Lipinski definition) is 1. The third kappa shape index (κ3) is 4.67. The lowest BCUT2D eigenvalue weighted by atomic mass is 10.1. The van der Waals surface area contributed by atoms with E-state index in [0.29, 0.717) is 5.95 Å². The highest BCUT2D eigenvalue weighted by Gasteiger charge is 2.10. The fourth-order valence-corrected chi connectivity index (χ4v) is 3.52. The molecule has 1 saturated heterocycles. The monoisotopic (exact) mass is 374 g/mol. The van der Waals surface area contributed by atoms with Crippen molar-refractivity contribution < 1.29 is 4.74 Å². The van der Waals surface area contributed by atoms with E-state index >= 15 is 0 Å². The third-order valence-electron chi connectivity index (χ3n) is 5.14. The maximum Gasteiger partial charge on any atom is 0.227 e. The summed E-state index contributed by atoms with van der Waals surface area (Å²) in [5.41, 5.74) is 4.39. The summed E-state index contributed by atoms with van der Waals surface area (Å²) in [5, 5.41) is 3.28. The van der Waals surface area contributed by atoms with Gasteiger partial charge in [-0.25, -0.2) is 9.97 Å². The van der Waals surface area contributed by atoms with Gasteiger partial charge in [0.15, 0.2) is 0 Å². The number of nitrogens with one attached hydrogen (secondary N) is 1. The first-order chi connectivity index (χ1) is 13.8. The van der Waals surface area contributed by atoms with Crippen LogP contribution in [-0.4, -0.2) is 35.1 Å². The summed E-state index contributed by atoms with van der Waals surface area (Å²) >= 11 is 0. The zero-order valence-electron chi connectivity index (χ0n) is 16.3. The second kappa shape index (κ2) is 8.85. The van der Waals surface area contributed by atoms with Crippen LogP contribution in [0, 0.1) is 0 Å². The first kappa shape index (κ1) is 18.4. The van der Waals surface area contributed by atoms with E-state index in [1.165, 1.54) is 37.9 Å². The van der Waals surface area contributed by atoms with Crippen molar-refractivity contribution in [1.29, 1.82) is 0 Å². The van der Waals surface area contributed by atoms with Gasteiger partial charge in [0.2, 0.25) is 5.95 Å². The molecule has 0 aliphatic carbocycles. The van der Waals surface area contributed by atoms with Crippen molar-refractivity contribution in [3.05, 3.63) is 66.5 Å². The van der Waals surface area contributed by atoms with Crippen LogP contribution in [0.3, 0.4) is 0 Å². The Kier molecular flexibility index (Phi) is 5.83. The maximum atomic E-state index is 5.20. The fraction of sp³-hybridized carbons (Fsp3) is 0.304. The lowest BCUT2D eigenvalue weighted by Crippen LogP contribution is -2.29. The minimum Gasteiger partial charge on any atom is -0.497 e. The van der Waals surface area contributed by atoms with E-state index in [4.69, 9.17) is 4.74 Å². The van der Waals surface area contributed by atoms with Crippen molar-refractivity contribution in [3.8, 4) is 16.9 Å². The highest BCUT2D eigenvalue weighted by molar-refractivity contribution is 5.63. The van der Waals surface area contributed by atoms with E-state index < -0.39 is 0 Å². The van der Waals surface area contributed by atoms with Gasteiger partial charge in [0.25, 0.3) is 0 Å². The van der Waals surface area contributed by atoms with E-state index in [1.807, 2.05) is 36.7 Å². The van der Waals surface area contributed by atoms with Gasteiger partial charge >= 0.3 is 0 Å². The van der Waals surface area contributed by atoms with Gasteiger partial charge in [0, 0.05) is 30.2 Å². The highest BCUT2D eigenvalue weighted by atomic mass is 16.5. The van der Waals surface area contributed by atoms with Gasteiger partial charge in [-0.15, -0.1) is 0 Å². The van der Waals surface area contributed by atoms with Gasteiger partial charge in [0.1, 0.15) is 5.75 Å². The van der Waals surface area contributed by atoms with Crippen LogP contribution in [0.1, 0.15) is 24.8 Å². The lowest BCUT2D eigenvalue weighted by molar-refractivity contribution is 0.221. The number of likely N-dealkylation sites (tertiary alicyclic amines) is 1. The summed E-state index contributed by atoms with van der Waals surface area (Å²) < 4.78 is 5.20. The molecule has 144 valence electrons. The molecule has 1 aromatic heterocycles. The molecular formula is C23H26N4O. The molecule has 0 saturated carbocycles. The van der Waals surface area contributed by atoms with Crippen LogP contribution in [-0.2, 0) is 6.54 Å². The van der Waals surface area contributed by atoms with Crippen molar-refractivity contribution in [3.63, 3.8) is 0 Å². The molecule has 0 spiro atoms. The molecule has 0 unspecified atom stereocenters. The first-order valence-electron chi connectivity index (χ1n) is 9.85. The third-order valence-corrected chi connectivity index (χ3v) is 5.14. The van der Waals surface area contributed by atoms with Crippen molar-refractivity contribution in [2.24, 2.45) is 0 Å². The largest absolute Gasteiger partial charge is 0.497 e. The molecule has 2 heterocycles. The number of piperidine rings is 1. The predicted molar refractivity (Wildman–Crippen MR) is 113 cm³/mol. The topological polar surface area (TPSA) is 50.3 Å². The number of benzene rings is 2. The van der Waals surface area contributed by atoms with Gasteiger partial charge in [-0.05, 0) is 61.3 Å². The second-order valence-electron chi connectivity index (χ2n) is 7.18. The molecule has 1 N–H and O–H groups in total. The zero-order valence-corrected chi connectivity index (χ0v) is 16.3. The van der Waals surface area contributed by atoms with Gasteiger partial charge in [-0.3, -0.25) is 4.90 Å². The quantitative estimate of drug-likeness (QED) is 0.666. The highest BCUT2D eigenvalue weighted by Crippen LogP contribution is 2.22. The van der Waals surface area contributed by atoms with Crippen molar-refractivity contribution in [1.82, 2.24) is 14.9 Å². The van der Waals surface area contributed by atoms with Crippen LogP contribution >= 0.6 is 0 Å². The molecule has 0 amide bonds. The minimum atomic E-state index is 0.598. The van der Waals surface area contributed by atoms with E-state index in [0.717, 1.165) is 29.1 Å². The first-order valence-corrected chi connectivity index (χ1v) is 9.85. The van der Waals surface area contributed by atoms with Crippen LogP contribution in [0.5, 0.6) is 5.75 Å². The van der Waals surface area contributed by atoms with Crippen molar-refractivity contribution in [2.45, 2.75) is 25.8 Å². The average molecular weight is 374 g/mol. The molecule has 4 rings (SSSR count). The maximum absolute atomic E-state index is 5.20. The SMILES string of the molecule is COc1ccc(-c2cnc(Nc3ccc(CN4CCCCC4)cc3)nc2)cc1. The molecule has 5 nitrogen and oxygen atoms in total. The fourth-order valence-electron chi connectivity index (χ4n) is 3.52. The smallest absolute Gasteiger partial charge is 0.227 e. The van der Waals surface area contributed by atoms with Crippen molar-refractivity contribution >= 4 is 11.6 Å². The molecular weight excluding hydrogens is 348 g/mol. The molecule has 28 heavy (non-hydrogen) atoms. The Hall–Kier alpha value is -2.92. The number of rotatable bonds is 6. The Morgan fingerprint density at radius 1 is 0.857 bits per heavy atom. The second-order valence-corrected chi connectivity index (χ2v) is 7.18. The minimum absolute atomic E-state index is 0.598. The molecule has 1 fully saturated rings. The molecule has 5 heteroatoms. The summed E-state index contributed by atoms with van der Waals surface area (Å²) in [6.45, 7) is 3.47. The molecule has 1 aliphatic rings. The summed E-state index contributed by atoms with van der Waals surface area (Å²) in [5.74, 6) is 1.44. The van der Waals surface area contributed by atoms with E-state index in [9.17, 15) is 0 Å².